The van der Waals surface area contributed by atoms with E-state index in [2.05, 4.69) is 15.9 Å². The number of rotatable bonds is 6. The van der Waals surface area contributed by atoms with E-state index in [0.717, 1.165) is 15.8 Å². The lowest BCUT2D eigenvalue weighted by molar-refractivity contribution is 0.0450. The normalized spacial score (nSPS) is 10.2. The maximum absolute atomic E-state index is 11.8. The van der Waals surface area contributed by atoms with E-state index in [1.807, 2.05) is 24.3 Å². The Hall–Kier alpha value is -1.85. The highest BCUT2D eigenvalue weighted by Crippen LogP contribution is 2.15. The molecule has 2 rings (SSSR count). The molecule has 0 fully saturated rings. The Labute approximate surface area is 131 Å². The summed E-state index contributed by atoms with van der Waals surface area (Å²) in [5.74, 6) is 0.320. The van der Waals surface area contributed by atoms with E-state index in [0.29, 0.717) is 12.2 Å². The highest BCUT2D eigenvalue weighted by atomic mass is 79.9. The van der Waals surface area contributed by atoms with Gasteiger partial charge < -0.3 is 14.6 Å². The van der Waals surface area contributed by atoms with E-state index in [4.69, 9.17) is 14.6 Å². The van der Waals surface area contributed by atoms with Crippen LogP contribution in [0.15, 0.2) is 53.0 Å². The molecule has 21 heavy (non-hydrogen) atoms. The molecule has 2 aromatic rings. The lowest BCUT2D eigenvalue weighted by Gasteiger charge is -2.07. The van der Waals surface area contributed by atoms with E-state index in [1.54, 1.807) is 24.3 Å². The molecule has 1 N–H and O–H groups in total. The van der Waals surface area contributed by atoms with Crippen LogP contribution in [0.2, 0.25) is 0 Å². The van der Waals surface area contributed by atoms with Crippen LogP contribution < -0.4 is 4.74 Å². The van der Waals surface area contributed by atoms with Crippen molar-refractivity contribution in [2.45, 2.75) is 6.61 Å². The van der Waals surface area contributed by atoms with Crippen LogP contribution in [-0.2, 0) is 11.3 Å². The van der Waals surface area contributed by atoms with E-state index < -0.39 is 5.97 Å². The van der Waals surface area contributed by atoms with Crippen molar-refractivity contribution in [3.05, 3.63) is 64.1 Å². The molecule has 2 aromatic carbocycles. The number of hydrogen-bond donors (Lipinski definition) is 1. The Balaban J connectivity index is 1.74. The SMILES string of the molecule is O=C(OCCOc1ccc(Br)cc1)c1ccc(CO)cc1. The van der Waals surface area contributed by atoms with Gasteiger partial charge in [-0.15, -0.1) is 0 Å². The molecule has 0 aromatic heterocycles. The molecule has 5 heteroatoms. The van der Waals surface area contributed by atoms with Gasteiger partial charge in [0, 0.05) is 4.47 Å². The fourth-order valence-corrected chi connectivity index (χ4v) is 1.92. The Morgan fingerprint density at radius 1 is 1.00 bits per heavy atom. The second-order valence-corrected chi connectivity index (χ2v) is 5.21. The van der Waals surface area contributed by atoms with E-state index in [-0.39, 0.29) is 13.2 Å². The molecular formula is C16H15BrO4. The monoisotopic (exact) mass is 350 g/mol. The first-order chi connectivity index (χ1) is 10.2. The van der Waals surface area contributed by atoms with Crippen LogP contribution in [0.25, 0.3) is 0 Å². The summed E-state index contributed by atoms with van der Waals surface area (Å²) >= 11 is 3.34. The minimum atomic E-state index is -0.404. The molecule has 0 amide bonds. The van der Waals surface area contributed by atoms with E-state index >= 15 is 0 Å². The summed E-state index contributed by atoms with van der Waals surface area (Å²) in [5.41, 5.74) is 1.21. The van der Waals surface area contributed by atoms with Crippen LogP contribution in [0.3, 0.4) is 0 Å². The molecule has 4 nitrogen and oxygen atoms in total. The number of benzene rings is 2. The predicted octanol–water partition coefficient (Wildman–Crippen LogP) is 3.18. The Kier molecular flexibility index (Phi) is 5.78. The van der Waals surface area contributed by atoms with Crippen molar-refractivity contribution in [2.24, 2.45) is 0 Å². The fourth-order valence-electron chi connectivity index (χ4n) is 1.65. The number of esters is 1. The van der Waals surface area contributed by atoms with Gasteiger partial charge in [0.15, 0.2) is 0 Å². The molecule has 0 aliphatic carbocycles. The van der Waals surface area contributed by atoms with Crippen molar-refractivity contribution < 1.29 is 19.4 Å². The average Bonchev–Trinajstić information content (AvgIpc) is 2.53. The van der Waals surface area contributed by atoms with Crippen LogP contribution in [0.4, 0.5) is 0 Å². The molecule has 110 valence electrons. The molecular weight excluding hydrogens is 336 g/mol. The van der Waals surface area contributed by atoms with Crippen LogP contribution in [0.1, 0.15) is 15.9 Å². The highest BCUT2D eigenvalue weighted by molar-refractivity contribution is 9.10. The first kappa shape index (κ1) is 15.5. The van der Waals surface area contributed by atoms with Gasteiger partial charge in [0.1, 0.15) is 19.0 Å². The average molecular weight is 351 g/mol. The number of hydrogen-bond acceptors (Lipinski definition) is 4. The number of aliphatic hydroxyl groups excluding tert-OH is 1. The van der Waals surface area contributed by atoms with Crippen LogP contribution in [0.5, 0.6) is 5.75 Å². The highest BCUT2D eigenvalue weighted by Gasteiger charge is 2.06. The van der Waals surface area contributed by atoms with Crippen LogP contribution >= 0.6 is 15.9 Å². The van der Waals surface area contributed by atoms with Crippen LogP contribution in [0, 0.1) is 0 Å². The minimum Gasteiger partial charge on any atom is -0.490 e. The summed E-state index contributed by atoms with van der Waals surface area (Å²) in [4.78, 5) is 11.8. The largest absolute Gasteiger partial charge is 0.490 e. The molecule has 0 spiro atoms. The predicted molar refractivity (Wildman–Crippen MR) is 82.3 cm³/mol. The molecule has 0 radical (unpaired) electrons. The van der Waals surface area contributed by atoms with Gasteiger partial charge in [-0.2, -0.15) is 0 Å². The first-order valence-corrected chi connectivity index (χ1v) is 7.23. The minimum absolute atomic E-state index is 0.0453. The molecule has 0 unspecified atom stereocenters. The maximum Gasteiger partial charge on any atom is 0.338 e. The number of aliphatic hydroxyl groups is 1. The van der Waals surface area contributed by atoms with Gasteiger partial charge in [0.05, 0.1) is 12.2 Å². The first-order valence-electron chi connectivity index (χ1n) is 6.44. The van der Waals surface area contributed by atoms with Gasteiger partial charge in [-0.3, -0.25) is 0 Å². The van der Waals surface area contributed by atoms with Crippen molar-refractivity contribution in [1.29, 1.82) is 0 Å². The van der Waals surface area contributed by atoms with Gasteiger partial charge in [0.2, 0.25) is 0 Å². The number of carbonyl (C=O) groups excluding carboxylic acids is 1. The summed E-state index contributed by atoms with van der Waals surface area (Å²) in [5, 5.41) is 8.93. The van der Waals surface area contributed by atoms with Gasteiger partial charge in [-0.05, 0) is 42.0 Å². The van der Waals surface area contributed by atoms with E-state index in [1.165, 1.54) is 0 Å². The smallest absolute Gasteiger partial charge is 0.338 e. The summed E-state index contributed by atoms with van der Waals surface area (Å²) in [7, 11) is 0. The Bertz CT molecular complexity index is 578. The molecule has 0 heterocycles. The summed E-state index contributed by atoms with van der Waals surface area (Å²) in [6.45, 7) is 0.426. The Morgan fingerprint density at radius 3 is 2.29 bits per heavy atom. The molecule has 0 saturated carbocycles. The molecule has 0 saturated heterocycles. The van der Waals surface area contributed by atoms with E-state index in [9.17, 15) is 4.79 Å². The standard InChI is InChI=1S/C16H15BrO4/c17-14-5-7-15(8-6-14)20-9-10-21-16(19)13-3-1-12(11-18)2-4-13/h1-8,18H,9-11H2. The summed E-state index contributed by atoms with van der Waals surface area (Å²) < 4.78 is 11.5. The Morgan fingerprint density at radius 2 is 1.67 bits per heavy atom. The number of halogens is 1. The van der Waals surface area contributed by atoms with Crippen molar-refractivity contribution in [3.8, 4) is 5.75 Å². The summed E-state index contributed by atoms with van der Waals surface area (Å²) in [6.07, 6.45) is 0. The third kappa shape index (κ3) is 4.88. The van der Waals surface area contributed by atoms with Crippen LogP contribution in [-0.4, -0.2) is 24.3 Å². The van der Waals surface area contributed by atoms with Gasteiger partial charge >= 0.3 is 5.97 Å². The van der Waals surface area contributed by atoms with Crippen molar-refractivity contribution in [3.63, 3.8) is 0 Å². The third-order valence-corrected chi connectivity index (χ3v) is 3.30. The lowest BCUT2D eigenvalue weighted by atomic mass is 10.1. The third-order valence-electron chi connectivity index (χ3n) is 2.77. The van der Waals surface area contributed by atoms with Gasteiger partial charge in [-0.25, -0.2) is 4.79 Å². The second-order valence-electron chi connectivity index (χ2n) is 4.29. The summed E-state index contributed by atoms with van der Waals surface area (Å²) in [6, 6.07) is 14.1. The maximum atomic E-state index is 11.8. The molecule has 0 aliphatic rings. The molecule has 0 aliphatic heterocycles. The van der Waals surface area contributed by atoms with Gasteiger partial charge in [-0.1, -0.05) is 28.1 Å². The molecule has 0 atom stereocenters. The topological polar surface area (TPSA) is 55.8 Å². The van der Waals surface area contributed by atoms with Crippen molar-refractivity contribution in [1.82, 2.24) is 0 Å². The zero-order valence-corrected chi connectivity index (χ0v) is 12.9. The number of ether oxygens (including phenoxy) is 2. The quantitative estimate of drug-likeness (QED) is 0.642. The zero-order valence-electron chi connectivity index (χ0n) is 11.3. The lowest BCUT2D eigenvalue weighted by Crippen LogP contribution is -2.12. The second kappa shape index (κ2) is 7.81. The number of carbonyl (C=O) groups is 1. The van der Waals surface area contributed by atoms with Crippen molar-refractivity contribution >= 4 is 21.9 Å². The zero-order chi connectivity index (χ0) is 15.1. The fraction of sp³-hybridized carbons (Fsp3) is 0.188. The van der Waals surface area contributed by atoms with Crippen molar-refractivity contribution in [2.75, 3.05) is 13.2 Å². The van der Waals surface area contributed by atoms with Gasteiger partial charge in [0.25, 0.3) is 0 Å². The molecule has 0 bridgehead atoms.